The lowest BCUT2D eigenvalue weighted by Gasteiger charge is -2.19. The second-order valence-electron chi connectivity index (χ2n) is 4.15. The first-order chi connectivity index (χ1) is 9.29. The van der Waals surface area contributed by atoms with Crippen molar-refractivity contribution in [2.45, 2.75) is 26.6 Å². The van der Waals surface area contributed by atoms with Crippen molar-refractivity contribution in [3.63, 3.8) is 0 Å². The molecule has 0 aliphatic rings. The van der Waals surface area contributed by atoms with Crippen LogP contribution in [0.4, 0.5) is 17.6 Å². The van der Waals surface area contributed by atoms with Crippen molar-refractivity contribution in [3.8, 4) is 0 Å². The van der Waals surface area contributed by atoms with Crippen LogP contribution in [0, 0.1) is 5.82 Å². The van der Waals surface area contributed by atoms with Crippen LogP contribution in [0.15, 0.2) is 23.2 Å². The second kappa shape index (κ2) is 6.58. The molecule has 0 aliphatic heterocycles. The Labute approximate surface area is 115 Å². The third-order valence-corrected chi connectivity index (χ3v) is 2.88. The zero-order valence-corrected chi connectivity index (χ0v) is 11.3. The lowest BCUT2D eigenvalue weighted by Crippen LogP contribution is -2.37. The fourth-order valence-corrected chi connectivity index (χ4v) is 1.76. The van der Waals surface area contributed by atoms with Gasteiger partial charge in [-0.2, -0.15) is 13.2 Å². The molecule has 1 aromatic carbocycles. The highest BCUT2D eigenvalue weighted by Crippen LogP contribution is 2.32. The fraction of sp³-hybridized carbons (Fsp3) is 0.462. The van der Waals surface area contributed by atoms with E-state index < -0.39 is 17.6 Å². The predicted molar refractivity (Wildman–Crippen MR) is 69.6 cm³/mol. The van der Waals surface area contributed by atoms with Crippen LogP contribution in [-0.2, 0) is 12.7 Å². The maximum atomic E-state index is 12.9. The Bertz CT molecular complexity index is 479. The first-order valence-corrected chi connectivity index (χ1v) is 6.20. The van der Waals surface area contributed by atoms with Crippen LogP contribution >= 0.6 is 0 Å². The molecule has 0 aliphatic carbocycles. The van der Waals surface area contributed by atoms with E-state index in [1.54, 1.807) is 4.90 Å². The summed E-state index contributed by atoms with van der Waals surface area (Å²) in [4.78, 5) is 5.66. The number of rotatable bonds is 4. The highest BCUT2D eigenvalue weighted by atomic mass is 19.4. The Kier molecular flexibility index (Phi) is 5.35. The van der Waals surface area contributed by atoms with E-state index in [1.165, 1.54) is 0 Å². The van der Waals surface area contributed by atoms with E-state index in [2.05, 4.69) is 4.99 Å². The highest BCUT2D eigenvalue weighted by Gasteiger charge is 2.33. The molecular weight excluding hydrogens is 274 g/mol. The molecule has 0 amide bonds. The SMILES string of the molecule is CCN(CC)C(N)=NCc1ccc(F)cc1C(F)(F)F. The largest absolute Gasteiger partial charge is 0.416 e. The zero-order valence-electron chi connectivity index (χ0n) is 11.3. The van der Waals surface area contributed by atoms with Gasteiger partial charge in [-0.15, -0.1) is 0 Å². The second-order valence-corrected chi connectivity index (χ2v) is 4.15. The molecule has 0 unspecified atom stereocenters. The number of benzene rings is 1. The number of hydrogen-bond donors (Lipinski definition) is 1. The van der Waals surface area contributed by atoms with E-state index in [1.807, 2.05) is 13.8 Å². The van der Waals surface area contributed by atoms with Crippen LogP contribution in [0.1, 0.15) is 25.0 Å². The smallest absolute Gasteiger partial charge is 0.370 e. The summed E-state index contributed by atoms with van der Waals surface area (Å²) in [6, 6.07) is 2.53. The summed E-state index contributed by atoms with van der Waals surface area (Å²) in [6.45, 7) is 4.72. The average Bonchev–Trinajstić information content (AvgIpc) is 2.37. The Morgan fingerprint density at radius 3 is 2.35 bits per heavy atom. The van der Waals surface area contributed by atoms with Crippen molar-refractivity contribution >= 4 is 5.96 Å². The molecule has 0 aromatic heterocycles. The first-order valence-electron chi connectivity index (χ1n) is 6.20. The number of alkyl halides is 3. The minimum Gasteiger partial charge on any atom is -0.370 e. The highest BCUT2D eigenvalue weighted by molar-refractivity contribution is 5.78. The van der Waals surface area contributed by atoms with Crippen LogP contribution in [0.3, 0.4) is 0 Å². The Hall–Kier alpha value is -1.79. The van der Waals surface area contributed by atoms with E-state index in [9.17, 15) is 17.6 Å². The van der Waals surface area contributed by atoms with Crippen molar-refractivity contribution in [1.29, 1.82) is 0 Å². The van der Waals surface area contributed by atoms with Crippen molar-refractivity contribution in [3.05, 3.63) is 35.1 Å². The third-order valence-electron chi connectivity index (χ3n) is 2.88. The first kappa shape index (κ1) is 16.3. The summed E-state index contributed by atoms with van der Waals surface area (Å²) in [5.41, 5.74) is 4.57. The molecule has 20 heavy (non-hydrogen) atoms. The molecule has 0 radical (unpaired) electrons. The molecule has 1 aromatic rings. The molecule has 7 heteroatoms. The van der Waals surface area contributed by atoms with E-state index >= 15 is 0 Å². The van der Waals surface area contributed by atoms with E-state index in [0.717, 1.165) is 12.1 Å². The minimum atomic E-state index is -4.61. The lowest BCUT2D eigenvalue weighted by atomic mass is 10.1. The molecule has 0 atom stereocenters. The van der Waals surface area contributed by atoms with Crippen LogP contribution in [0.25, 0.3) is 0 Å². The average molecular weight is 291 g/mol. The molecule has 0 fully saturated rings. The number of halogens is 4. The van der Waals surface area contributed by atoms with E-state index in [4.69, 9.17) is 5.73 Å². The van der Waals surface area contributed by atoms with Gasteiger partial charge in [-0.1, -0.05) is 6.07 Å². The lowest BCUT2D eigenvalue weighted by molar-refractivity contribution is -0.138. The summed E-state index contributed by atoms with van der Waals surface area (Å²) in [5, 5.41) is 0. The standard InChI is InChI=1S/C13H17F4N3/c1-3-20(4-2)12(18)19-8-9-5-6-10(14)7-11(9)13(15,16)17/h5-7H,3-4,8H2,1-2H3,(H2,18,19). The molecule has 2 N–H and O–H groups in total. The molecular formula is C13H17F4N3. The van der Waals surface area contributed by atoms with Crippen molar-refractivity contribution in [1.82, 2.24) is 4.90 Å². The number of nitrogens with zero attached hydrogens (tertiary/aromatic N) is 2. The Morgan fingerprint density at radius 2 is 1.85 bits per heavy atom. The molecule has 1 rings (SSSR count). The minimum absolute atomic E-state index is 0.103. The summed E-state index contributed by atoms with van der Waals surface area (Å²) in [5.74, 6) is -0.755. The van der Waals surface area contributed by atoms with Crippen LogP contribution in [0.2, 0.25) is 0 Å². The van der Waals surface area contributed by atoms with Crippen molar-refractivity contribution in [2.75, 3.05) is 13.1 Å². The number of hydrogen-bond acceptors (Lipinski definition) is 1. The van der Waals surface area contributed by atoms with E-state index in [0.29, 0.717) is 19.2 Å². The van der Waals surface area contributed by atoms with Gasteiger partial charge in [-0.3, -0.25) is 0 Å². The Balaban J connectivity index is 3.01. The van der Waals surface area contributed by atoms with Gasteiger partial charge in [-0.25, -0.2) is 9.38 Å². The van der Waals surface area contributed by atoms with Crippen LogP contribution in [0.5, 0.6) is 0 Å². The maximum Gasteiger partial charge on any atom is 0.416 e. The monoisotopic (exact) mass is 291 g/mol. The van der Waals surface area contributed by atoms with Gasteiger partial charge < -0.3 is 10.6 Å². The van der Waals surface area contributed by atoms with E-state index in [-0.39, 0.29) is 18.1 Å². The van der Waals surface area contributed by atoms with Crippen LogP contribution in [-0.4, -0.2) is 23.9 Å². The maximum absolute atomic E-state index is 12.9. The third kappa shape index (κ3) is 4.11. The summed E-state index contributed by atoms with van der Waals surface area (Å²) in [7, 11) is 0. The molecule has 0 saturated carbocycles. The molecule has 0 saturated heterocycles. The summed E-state index contributed by atoms with van der Waals surface area (Å²) < 4.78 is 51.3. The summed E-state index contributed by atoms with van der Waals surface area (Å²) >= 11 is 0. The topological polar surface area (TPSA) is 41.6 Å². The molecule has 0 heterocycles. The summed E-state index contributed by atoms with van der Waals surface area (Å²) in [6.07, 6.45) is -4.61. The van der Waals surface area contributed by atoms with Crippen molar-refractivity contribution in [2.24, 2.45) is 10.7 Å². The Morgan fingerprint density at radius 1 is 1.25 bits per heavy atom. The quantitative estimate of drug-likeness (QED) is 0.526. The van der Waals surface area contributed by atoms with Gasteiger partial charge >= 0.3 is 6.18 Å². The molecule has 0 bridgehead atoms. The normalized spacial score (nSPS) is 12.6. The predicted octanol–water partition coefficient (Wildman–Crippen LogP) is 3.00. The van der Waals surface area contributed by atoms with Gasteiger partial charge in [0.1, 0.15) is 5.82 Å². The van der Waals surface area contributed by atoms with Crippen molar-refractivity contribution < 1.29 is 17.6 Å². The molecule has 112 valence electrons. The zero-order chi connectivity index (χ0) is 15.3. The molecule has 0 spiro atoms. The van der Waals surface area contributed by atoms with Crippen LogP contribution < -0.4 is 5.73 Å². The van der Waals surface area contributed by atoms with Gasteiger partial charge in [0.2, 0.25) is 0 Å². The van der Waals surface area contributed by atoms with Gasteiger partial charge in [-0.05, 0) is 31.5 Å². The van der Waals surface area contributed by atoms with Gasteiger partial charge in [0, 0.05) is 13.1 Å². The van der Waals surface area contributed by atoms with Gasteiger partial charge in [0.15, 0.2) is 5.96 Å². The number of guanidine groups is 1. The number of nitrogens with two attached hydrogens (primary N) is 1. The van der Waals surface area contributed by atoms with Gasteiger partial charge in [0.25, 0.3) is 0 Å². The fourth-order valence-electron chi connectivity index (χ4n) is 1.76. The molecule has 3 nitrogen and oxygen atoms in total. The number of aliphatic imine (C=N–C) groups is 1. The van der Waals surface area contributed by atoms with Gasteiger partial charge in [0.05, 0.1) is 12.1 Å².